The summed E-state index contributed by atoms with van der Waals surface area (Å²) in [5.41, 5.74) is 3.39. The Bertz CT molecular complexity index is 1450. The van der Waals surface area contributed by atoms with E-state index in [0.29, 0.717) is 17.9 Å². The first-order chi connectivity index (χ1) is 17.7. The molecular formula is C28H29FN2O5S. The van der Waals surface area contributed by atoms with E-state index in [1.165, 1.54) is 19.1 Å². The van der Waals surface area contributed by atoms with E-state index in [9.17, 15) is 18.0 Å². The molecule has 1 aliphatic heterocycles. The normalized spacial score (nSPS) is 13.4. The van der Waals surface area contributed by atoms with Crippen LogP contribution in [0.1, 0.15) is 45.7 Å². The van der Waals surface area contributed by atoms with Gasteiger partial charge in [-0.05, 0) is 53.9 Å². The zero-order valence-electron chi connectivity index (χ0n) is 21.0. The number of rotatable bonds is 6. The van der Waals surface area contributed by atoms with Crippen LogP contribution in [-0.2, 0) is 22.8 Å². The summed E-state index contributed by atoms with van der Waals surface area (Å²) in [4.78, 5) is 26.6. The average Bonchev–Trinajstić information content (AvgIpc) is 3.14. The fraction of sp³-hybridized carbons (Fsp3) is 0.286. The Kier molecular flexibility index (Phi) is 7.63. The van der Waals surface area contributed by atoms with Crippen LogP contribution >= 0.6 is 0 Å². The van der Waals surface area contributed by atoms with Gasteiger partial charge in [0.2, 0.25) is 0 Å². The second kappa shape index (κ2) is 10.7. The maximum atomic E-state index is 15.2. The second-order valence-electron chi connectivity index (χ2n) is 8.71. The maximum Gasteiger partial charge on any atom is 0.254 e. The molecule has 4 rings (SSSR count). The van der Waals surface area contributed by atoms with Crippen LogP contribution in [0.2, 0.25) is 0 Å². The van der Waals surface area contributed by atoms with Gasteiger partial charge in [-0.1, -0.05) is 32.0 Å². The molecule has 0 aliphatic carbocycles. The number of nitrogens with one attached hydrogen (secondary N) is 1. The van der Waals surface area contributed by atoms with Crippen molar-refractivity contribution in [1.29, 1.82) is 0 Å². The van der Waals surface area contributed by atoms with Gasteiger partial charge in [-0.25, -0.2) is 12.8 Å². The van der Waals surface area contributed by atoms with Crippen LogP contribution in [0.15, 0.2) is 59.5 Å². The first-order valence-corrected chi connectivity index (χ1v) is 13.8. The molecular weight excluding hydrogens is 495 g/mol. The highest BCUT2D eigenvalue weighted by atomic mass is 32.2. The van der Waals surface area contributed by atoms with Crippen LogP contribution in [0.3, 0.4) is 0 Å². The molecule has 3 aromatic carbocycles. The van der Waals surface area contributed by atoms with Gasteiger partial charge in [0.25, 0.3) is 11.8 Å². The fourth-order valence-corrected chi connectivity index (χ4v) is 5.40. The van der Waals surface area contributed by atoms with Crippen molar-refractivity contribution in [2.75, 3.05) is 26.0 Å². The SMILES string of the molecule is CCc1c(C(=O)N2CCOc3ccc(-c4ccc(C(=O)NC)cc4)cc3C2)ccc(S(=O)(=O)CC)c1F. The minimum absolute atomic E-state index is 0.0925. The highest BCUT2D eigenvalue weighted by Gasteiger charge is 2.27. The Morgan fingerprint density at radius 2 is 1.73 bits per heavy atom. The fourth-order valence-electron chi connectivity index (χ4n) is 4.42. The predicted molar refractivity (Wildman–Crippen MR) is 139 cm³/mol. The summed E-state index contributed by atoms with van der Waals surface area (Å²) in [7, 11) is -2.18. The molecule has 0 unspecified atom stereocenters. The van der Waals surface area contributed by atoms with E-state index in [0.717, 1.165) is 16.7 Å². The van der Waals surface area contributed by atoms with E-state index in [2.05, 4.69) is 5.32 Å². The molecule has 0 spiro atoms. The lowest BCUT2D eigenvalue weighted by atomic mass is 10.00. The summed E-state index contributed by atoms with van der Waals surface area (Å²) in [5.74, 6) is -0.971. The maximum absolute atomic E-state index is 15.2. The zero-order chi connectivity index (χ0) is 26.7. The van der Waals surface area contributed by atoms with Gasteiger partial charge in [0.15, 0.2) is 9.84 Å². The summed E-state index contributed by atoms with van der Waals surface area (Å²) in [6, 6.07) is 15.5. The molecule has 0 radical (unpaired) electrons. The lowest BCUT2D eigenvalue weighted by Gasteiger charge is -2.22. The van der Waals surface area contributed by atoms with Crippen LogP contribution in [0.4, 0.5) is 4.39 Å². The van der Waals surface area contributed by atoms with E-state index in [-0.39, 0.29) is 53.2 Å². The van der Waals surface area contributed by atoms with Crippen molar-refractivity contribution < 1.29 is 27.1 Å². The van der Waals surface area contributed by atoms with Crippen LogP contribution < -0.4 is 10.1 Å². The highest BCUT2D eigenvalue weighted by Crippen LogP contribution is 2.31. The predicted octanol–water partition coefficient (Wildman–Crippen LogP) is 4.24. The Hall–Kier alpha value is -3.72. The van der Waals surface area contributed by atoms with Crippen molar-refractivity contribution in [2.24, 2.45) is 0 Å². The molecule has 1 heterocycles. The molecule has 2 amide bonds. The van der Waals surface area contributed by atoms with E-state index in [1.807, 2.05) is 30.3 Å². The molecule has 7 nitrogen and oxygen atoms in total. The number of fused-ring (bicyclic) bond motifs is 1. The third-order valence-corrected chi connectivity index (χ3v) is 8.29. The molecule has 0 atom stereocenters. The first-order valence-electron chi connectivity index (χ1n) is 12.1. The molecule has 3 aromatic rings. The molecule has 9 heteroatoms. The number of hydrogen-bond donors (Lipinski definition) is 1. The molecule has 1 aliphatic rings. The number of carbonyl (C=O) groups is 2. The van der Waals surface area contributed by atoms with Crippen LogP contribution in [0, 0.1) is 5.82 Å². The Balaban J connectivity index is 1.65. The van der Waals surface area contributed by atoms with Crippen molar-refractivity contribution in [3.05, 3.63) is 82.7 Å². The number of ether oxygens (including phenoxy) is 1. The van der Waals surface area contributed by atoms with Gasteiger partial charge < -0.3 is 15.0 Å². The van der Waals surface area contributed by atoms with Crippen molar-refractivity contribution in [3.8, 4) is 16.9 Å². The summed E-state index contributed by atoms with van der Waals surface area (Å²) in [6.45, 7) is 3.96. The number of carbonyl (C=O) groups excluding carboxylic acids is 2. The van der Waals surface area contributed by atoms with Crippen molar-refractivity contribution in [3.63, 3.8) is 0 Å². The average molecular weight is 525 g/mol. The molecule has 0 saturated carbocycles. The second-order valence-corrected chi connectivity index (χ2v) is 11.0. The first kappa shape index (κ1) is 26.3. The van der Waals surface area contributed by atoms with Gasteiger partial charge in [-0.2, -0.15) is 0 Å². The monoisotopic (exact) mass is 524 g/mol. The number of benzene rings is 3. The highest BCUT2D eigenvalue weighted by molar-refractivity contribution is 7.91. The molecule has 0 aromatic heterocycles. The number of sulfone groups is 1. The lowest BCUT2D eigenvalue weighted by molar-refractivity contribution is 0.0731. The van der Waals surface area contributed by atoms with E-state index in [1.54, 1.807) is 31.0 Å². The van der Waals surface area contributed by atoms with Gasteiger partial charge in [0.1, 0.15) is 23.1 Å². The number of amides is 2. The molecule has 37 heavy (non-hydrogen) atoms. The van der Waals surface area contributed by atoms with Crippen LogP contribution in [0.5, 0.6) is 5.75 Å². The standard InChI is InChI=1S/C28H29FN2O5S/c1-4-22-23(11-13-25(26(22)29)37(34,35)5-2)28(33)31-14-15-36-24-12-10-20(16-21(24)17-31)18-6-8-19(9-7-18)27(32)30-3/h6-13,16H,4-5,14-15,17H2,1-3H3,(H,30,32). The lowest BCUT2D eigenvalue weighted by Crippen LogP contribution is -2.33. The molecule has 194 valence electrons. The number of halogens is 1. The summed E-state index contributed by atoms with van der Waals surface area (Å²) >= 11 is 0. The largest absolute Gasteiger partial charge is 0.491 e. The number of hydrogen-bond acceptors (Lipinski definition) is 5. The van der Waals surface area contributed by atoms with E-state index in [4.69, 9.17) is 4.74 Å². The van der Waals surface area contributed by atoms with Crippen molar-refractivity contribution in [2.45, 2.75) is 31.7 Å². The minimum atomic E-state index is -3.76. The molecule has 0 saturated heterocycles. The van der Waals surface area contributed by atoms with Gasteiger partial charge in [-0.3, -0.25) is 9.59 Å². The van der Waals surface area contributed by atoms with E-state index >= 15 is 4.39 Å². The minimum Gasteiger partial charge on any atom is -0.491 e. The zero-order valence-corrected chi connectivity index (χ0v) is 21.8. The Morgan fingerprint density at radius 3 is 2.38 bits per heavy atom. The van der Waals surface area contributed by atoms with Gasteiger partial charge in [-0.15, -0.1) is 0 Å². The number of nitrogens with zero attached hydrogens (tertiary/aromatic N) is 1. The van der Waals surface area contributed by atoms with Gasteiger partial charge in [0, 0.05) is 35.8 Å². The van der Waals surface area contributed by atoms with Gasteiger partial charge >= 0.3 is 0 Å². The summed E-state index contributed by atoms with van der Waals surface area (Å²) in [6.07, 6.45) is 0.178. The molecule has 0 bridgehead atoms. The molecule has 0 fully saturated rings. The quantitative estimate of drug-likeness (QED) is 0.521. The van der Waals surface area contributed by atoms with Crippen molar-refractivity contribution >= 4 is 21.7 Å². The third kappa shape index (κ3) is 5.22. The Morgan fingerprint density at radius 1 is 1.03 bits per heavy atom. The topological polar surface area (TPSA) is 92.8 Å². The smallest absolute Gasteiger partial charge is 0.254 e. The third-order valence-electron chi connectivity index (χ3n) is 6.54. The van der Waals surface area contributed by atoms with Crippen molar-refractivity contribution in [1.82, 2.24) is 10.2 Å². The Labute approximate surface area is 216 Å². The van der Waals surface area contributed by atoms with E-state index < -0.39 is 15.7 Å². The van der Waals surface area contributed by atoms with Gasteiger partial charge in [0.05, 0.1) is 12.3 Å². The summed E-state index contributed by atoms with van der Waals surface area (Å²) < 4.78 is 45.7. The molecule has 1 N–H and O–H groups in total. The van der Waals surface area contributed by atoms with Crippen LogP contribution in [-0.4, -0.2) is 51.1 Å². The summed E-state index contributed by atoms with van der Waals surface area (Å²) in [5, 5.41) is 2.60. The van der Waals surface area contributed by atoms with Crippen LogP contribution in [0.25, 0.3) is 11.1 Å².